The summed E-state index contributed by atoms with van der Waals surface area (Å²) >= 11 is 7.50. The highest BCUT2D eigenvalue weighted by atomic mass is 35.5. The van der Waals surface area contributed by atoms with E-state index in [1.807, 2.05) is 6.07 Å². The van der Waals surface area contributed by atoms with E-state index in [1.165, 1.54) is 30.1 Å². The lowest BCUT2D eigenvalue weighted by Crippen LogP contribution is -2.39. The van der Waals surface area contributed by atoms with Gasteiger partial charge in [0.1, 0.15) is 5.75 Å². The summed E-state index contributed by atoms with van der Waals surface area (Å²) in [5, 5.41) is 0.433. The zero-order valence-electron chi connectivity index (χ0n) is 20.5. The Morgan fingerprint density at radius 2 is 1.78 bits per heavy atom. The molecule has 1 aliphatic heterocycles. The fraction of sp³-hybridized carbons (Fsp3) is 0.269. The third kappa shape index (κ3) is 4.64. The number of halogens is 1. The second kappa shape index (κ2) is 10.6. The van der Waals surface area contributed by atoms with Crippen molar-refractivity contribution >= 4 is 35.0 Å². The fourth-order valence-corrected chi connectivity index (χ4v) is 5.37. The first kappa shape index (κ1) is 25.5. The molecule has 0 radical (unpaired) electrons. The number of benzene rings is 2. The monoisotopic (exact) mass is 528 g/mol. The molecule has 0 saturated carbocycles. The van der Waals surface area contributed by atoms with Crippen LogP contribution in [-0.4, -0.2) is 38.5 Å². The molecule has 0 aliphatic carbocycles. The van der Waals surface area contributed by atoms with Crippen LogP contribution in [0, 0.1) is 0 Å². The van der Waals surface area contributed by atoms with E-state index < -0.39 is 12.0 Å². The predicted octanol–water partition coefficient (Wildman–Crippen LogP) is 3.48. The molecule has 0 spiro atoms. The molecular formula is C26H25ClN2O6S. The first-order valence-electron chi connectivity index (χ1n) is 11.1. The van der Waals surface area contributed by atoms with Gasteiger partial charge in [0.05, 0.1) is 54.8 Å². The number of aromatic nitrogens is 1. The molecule has 0 unspecified atom stereocenters. The second-order valence-electron chi connectivity index (χ2n) is 7.81. The number of fused-ring (bicyclic) bond motifs is 1. The molecule has 0 bridgehead atoms. The Balaban J connectivity index is 1.95. The summed E-state index contributed by atoms with van der Waals surface area (Å²) in [6, 6.07) is 9.79. The lowest BCUT2D eigenvalue weighted by molar-refractivity contribution is -0.139. The van der Waals surface area contributed by atoms with Crippen LogP contribution in [0.15, 0.2) is 57.5 Å². The van der Waals surface area contributed by atoms with Gasteiger partial charge in [0.25, 0.3) is 5.56 Å². The van der Waals surface area contributed by atoms with Gasteiger partial charge in [-0.3, -0.25) is 9.36 Å². The molecule has 3 aromatic rings. The average Bonchev–Trinajstić information content (AvgIpc) is 3.17. The molecule has 10 heteroatoms. The van der Waals surface area contributed by atoms with Gasteiger partial charge in [0, 0.05) is 0 Å². The van der Waals surface area contributed by atoms with E-state index in [4.69, 9.17) is 30.5 Å². The lowest BCUT2D eigenvalue weighted by Gasteiger charge is -2.25. The number of allylic oxidation sites excluding steroid dienone is 1. The van der Waals surface area contributed by atoms with Crippen molar-refractivity contribution in [3.63, 3.8) is 0 Å². The van der Waals surface area contributed by atoms with Crippen molar-refractivity contribution < 1.29 is 23.7 Å². The Morgan fingerprint density at radius 1 is 1.08 bits per heavy atom. The third-order valence-electron chi connectivity index (χ3n) is 5.71. The van der Waals surface area contributed by atoms with Gasteiger partial charge in [-0.2, -0.15) is 0 Å². The smallest absolute Gasteiger partial charge is 0.338 e. The van der Waals surface area contributed by atoms with E-state index in [0.717, 1.165) is 5.56 Å². The second-order valence-corrected chi connectivity index (χ2v) is 9.23. The lowest BCUT2D eigenvalue weighted by atomic mass is 9.95. The zero-order chi connectivity index (χ0) is 26.0. The van der Waals surface area contributed by atoms with Gasteiger partial charge >= 0.3 is 5.97 Å². The van der Waals surface area contributed by atoms with Crippen molar-refractivity contribution in [2.45, 2.75) is 19.9 Å². The van der Waals surface area contributed by atoms with Gasteiger partial charge in [0.2, 0.25) is 0 Å². The van der Waals surface area contributed by atoms with Gasteiger partial charge in [-0.05, 0) is 55.3 Å². The first-order chi connectivity index (χ1) is 17.3. The van der Waals surface area contributed by atoms with Gasteiger partial charge in [-0.1, -0.05) is 35.1 Å². The molecule has 2 aromatic carbocycles. The highest BCUT2D eigenvalue weighted by molar-refractivity contribution is 7.07. The third-order valence-corrected chi connectivity index (χ3v) is 6.99. The van der Waals surface area contributed by atoms with Crippen LogP contribution in [0.1, 0.15) is 31.0 Å². The minimum atomic E-state index is -0.762. The Labute approximate surface area is 216 Å². The van der Waals surface area contributed by atoms with Crippen molar-refractivity contribution in [1.29, 1.82) is 0 Å². The van der Waals surface area contributed by atoms with E-state index in [-0.39, 0.29) is 17.7 Å². The molecule has 0 N–H and O–H groups in total. The molecule has 1 aliphatic rings. The number of carbonyl (C=O) groups is 1. The molecule has 4 rings (SSSR count). The van der Waals surface area contributed by atoms with Crippen molar-refractivity contribution in [2.24, 2.45) is 4.99 Å². The van der Waals surface area contributed by atoms with Crippen LogP contribution in [0.2, 0.25) is 5.02 Å². The van der Waals surface area contributed by atoms with Gasteiger partial charge < -0.3 is 18.9 Å². The highest BCUT2D eigenvalue weighted by Gasteiger charge is 2.33. The van der Waals surface area contributed by atoms with Gasteiger partial charge in [0.15, 0.2) is 16.3 Å². The van der Waals surface area contributed by atoms with Crippen molar-refractivity contribution in [3.05, 3.63) is 83.5 Å². The van der Waals surface area contributed by atoms with Crippen LogP contribution < -0.4 is 29.1 Å². The summed E-state index contributed by atoms with van der Waals surface area (Å²) < 4.78 is 23.3. The summed E-state index contributed by atoms with van der Waals surface area (Å²) in [5.74, 6) is 1.01. The Bertz CT molecular complexity index is 1540. The number of carbonyl (C=O) groups excluding carboxylic acids is 1. The van der Waals surface area contributed by atoms with Crippen LogP contribution in [0.25, 0.3) is 6.08 Å². The largest absolute Gasteiger partial charge is 0.495 e. The number of nitrogens with zero attached hydrogens (tertiary/aromatic N) is 2. The molecule has 188 valence electrons. The standard InChI is InChI=1S/C26H25ClN2O6S/c1-6-35-25(31)22-14(2)28-26-29(23(22)16-8-10-19(33-4)20(13-16)34-5)24(30)21(36-26)12-15-7-9-18(32-3)17(27)11-15/h7-13,23H,6H2,1-5H3/b21-12+/t23-/m1/s1. The molecule has 0 fully saturated rings. The van der Waals surface area contributed by atoms with E-state index in [9.17, 15) is 9.59 Å². The molecule has 1 aromatic heterocycles. The van der Waals surface area contributed by atoms with Gasteiger partial charge in [-0.25, -0.2) is 9.79 Å². The highest BCUT2D eigenvalue weighted by Crippen LogP contribution is 2.36. The summed E-state index contributed by atoms with van der Waals surface area (Å²) in [6.45, 7) is 3.66. The maximum atomic E-state index is 13.7. The van der Waals surface area contributed by atoms with E-state index in [1.54, 1.807) is 57.4 Å². The summed E-state index contributed by atoms with van der Waals surface area (Å²) in [6.07, 6.45) is 1.74. The minimum Gasteiger partial charge on any atom is -0.495 e. The number of hydrogen-bond donors (Lipinski definition) is 0. The summed E-state index contributed by atoms with van der Waals surface area (Å²) in [4.78, 5) is 31.8. The maximum Gasteiger partial charge on any atom is 0.338 e. The summed E-state index contributed by atoms with van der Waals surface area (Å²) in [7, 11) is 4.61. The zero-order valence-corrected chi connectivity index (χ0v) is 22.0. The van der Waals surface area contributed by atoms with E-state index in [2.05, 4.69) is 4.99 Å². The first-order valence-corrected chi connectivity index (χ1v) is 12.3. The molecule has 2 heterocycles. The molecule has 36 heavy (non-hydrogen) atoms. The molecule has 8 nitrogen and oxygen atoms in total. The Hall–Kier alpha value is -3.56. The maximum absolute atomic E-state index is 13.7. The molecule has 1 atom stereocenters. The quantitative estimate of drug-likeness (QED) is 0.436. The number of esters is 1. The topological polar surface area (TPSA) is 88.4 Å². The van der Waals surface area contributed by atoms with E-state index in [0.29, 0.717) is 42.9 Å². The molecule has 0 amide bonds. The van der Waals surface area contributed by atoms with Gasteiger partial charge in [-0.15, -0.1) is 0 Å². The van der Waals surface area contributed by atoms with Crippen LogP contribution in [-0.2, 0) is 9.53 Å². The van der Waals surface area contributed by atoms with Crippen molar-refractivity contribution in [2.75, 3.05) is 27.9 Å². The molecule has 0 saturated heterocycles. The number of hydrogen-bond acceptors (Lipinski definition) is 8. The number of thiazole rings is 1. The van der Waals surface area contributed by atoms with Crippen LogP contribution in [0.3, 0.4) is 0 Å². The predicted molar refractivity (Wildman–Crippen MR) is 138 cm³/mol. The molecular weight excluding hydrogens is 504 g/mol. The SMILES string of the molecule is CCOC(=O)C1=C(C)N=c2s/c(=C/c3ccc(OC)c(Cl)c3)c(=O)n2[C@@H]1c1ccc(OC)c(OC)c1. The number of rotatable bonds is 7. The Morgan fingerprint density at radius 3 is 2.42 bits per heavy atom. The van der Waals surface area contributed by atoms with Crippen molar-refractivity contribution in [3.8, 4) is 17.2 Å². The van der Waals surface area contributed by atoms with Crippen molar-refractivity contribution in [1.82, 2.24) is 4.57 Å². The number of ether oxygens (including phenoxy) is 4. The Kier molecular flexibility index (Phi) is 7.51. The van der Waals surface area contributed by atoms with E-state index >= 15 is 0 Å². The van der Waals surface area contributed by atoms with Crippen LogP contribution in [0.5, 0.6) is 17.2 Å². The fourth-order valence-electron chi connectivity index (χ4n) is 4.05. The number of methoxy groups -OCH3 is 3. The average molecular weight is 529 g/mol. The normalized spacial score (nSPS) is 15.3. The minimum absolute atomic E-state index is 0.191. The van der Waals surface area contributed by atoms with Crippen LogP contribution >= 0.6 is 22.9 Å². The summed E-state index contributed by atoms with van der Waals surface area (Å²) in [5.41, 5.74) is 1.86. The van der Waals surface area contributed by atoms with Crippen LogP contribution in [0.4, 0.5) is 0 Å².